The largest absolute Gasteiger partial charge is 0.464 e. The molecule has 0 radical (unpaired) electrons. The first-order valence-electron chi connectivity index (χ1n) is 8.24. The van der Waals surface area contributed by atoms with E-state index in [1.165, 1.54) is 6.26 Å². The molecule has 8 heteroatoms. The fourth-order valence-corrected chi connectivity index (χ4v) is 3.91. The summed E-state index contributed by atoms with van der Waals surface area (Å²) in [7, 11) is -3.44. The second kappa shape index (κ2) is 6.24. The molecule has 0 saturated carbocycles. The number of hydrogen-bond acceptors (Lipinski definition) is 5. The summed E-state index contributed by atoms with van der Waals surface area (Å²) in [5.74, 6) is -0.724. The quantitative estimate of drug-likeness (QED) is 0.722. The average molecular weight is 384 g/mol. The average Bonchev–Trinajstić information content (AvgIpc) is 2.60. The van der Waals surface area contributed by atoms with Gasteiger partial charge in [-0.3, -0.25) is 14.3 Å². The second-order valence-electron chi connectivity index (χ2n) is 6.50. The molecule has 7 nitrogen and oxygen atoms in total. The smallest absolute Gasteiger partial charge is 0.229 e. The van der Waals surface area contributed by atoms with Crippen molar-refractivity contribution in [2.75, 3.05) is 16.3 Å². The summed E-state index contributed by atoms with van der Waals surface area (Å²) >= 11 is 0. The Morgan fingerprint density at radius 1 is 1.11 bits per heavy atom. The standard InChI is InChI=1S/C19H16N2O5S/c1-27(24,25)21-11-6-7-12-14(9-18(22)20-16(12)8-11)15-10-26-17-5-3-2-4-13(17)19(15)23/h2-8,10,14,21H,9H2,1H3,(H,20,22). The third-order valence-electron chi connectivity index (χ3n) is 4.48. The summed E-state index contributed by atoms with van der Waals surface area (Å²) in [4.78, 5) is 25.1. The summed E-state index contributed by atoms with van der Waals surface area (Å²) in [5.41, 5.74) is 2.24. The van der Waals surface area contributed by atoms with Gasteiger partial charge in [-0.2, -0.15) is 0 Å². The summed E-state index contributed by atoms with van der Waals surface area (Å²) in [6.45, 7) is 0. The van der Waals surface area contributed by atoms with Gasteiger partial charge in [0, 0.05) is 23.6 Å². The zero-order valence-electron chi connectivity index (χ0n) is 14.4. The van der Waals surface area contributed by atoms with Crippen molar-refractivity contribution in [1.82, 2.24) is 0 Å². The highest BCUT2D eigenvalue weighted by atomic mass is 32.2. The van der Waals surface area contributed by atoms with Gasteiger partial charge < -0.3 is 9.73 Å². The van der Waals surface area contributed by atoms with Gasteiger partial charge in [0.05, 0.1) is 23.6 Å². The van der Waals surface area contributed by atoms with Crippen LogP contribution in [0, 0.1) is 0 Å². The number of amides is 1. The number of rotatable bonds is 3. The van der Waals surface area contributed by atoms with Crippen molar-refractivity contribution in [3.63, 3.8) is 0 Å². The number of nitrogens with one attached hydrogen (secondary N) is 2. The van der Waals surface area contributed by atoms with Crippen LogP contribution in [0.4, 0.5) is 11.4 Å². The van der Waals surface area contributed by atoms with Gasteiger partial charge in [0.25, 0.3) is 0 Å². The normalized spacial score (nSPS) is 16.6. The number of carbonyl (C=O) groups excluding carboxylic acids is 1. The Balaban J connectivity index is 1.83. The number of sulfonamides is 1. The Bertz CT molecular complexity index is 1230. The van der Waals surface area contributed by atoms with Gasteiger partial charge in [-0.1, -0.05) is 18.2 Å². The zero-order chi connectivity index (χ0) is 19.2. The van der Waals surface area contributed by atoms with E-state index < -0.39 is 15.9 Å². The van der Waals surface area contributed by atoms with E-state index in [1.54, 1.807) is 42.5 Å². The van der Waals surface area contributed by atoms with Crippen LogP contribution >= 0.6 is 0 Å². The number of para-hydroxylation sites is 1. The van der Waals surface area contributed by atoms with Gasteiger partial charge in [-0.15, -0.1) is 0 Å². The van der Waals surface area contributed by atoms with E-state index in [9.17, 15) is 18.0 Å². The van der Waals surface area contributed by atoms with Gasteiger partial charge in [-0.25, -0.2) is 8.42 Å². The van der Waals surface area contributed by atoms with Crippen molar-refractivity contribution in [3.05, 3.63) is 70.1 Å². The molecule has 3 aromatic rings. The molecule has 4 rings (SSSR count). The minimum atomic E-state index is -3.44. The van der Waals surface area contributed by atoms with Crippen LogP contribution in [0.3, 0.4) is 0 Å². The molecule has 0 bridgehead atoms. The minimum absolute atomic E-state index is 0.106. The molecule has 1 aliphatic rings. The molecule has 1 atom stereocenters. The molecule has 138 valence electrons. The summed E-state index contributed by atoms with van der Waals surface area (Å²) in [6, 6.07) is 11.8. The van der Waals surface area contributed by atoms with E-state index in [4.69, 9.17) is 4.42 Å². The van der Waals surface area contributed by atoms with E-state index in [0.717, 1.165) is 11.8 Å². The topological polar surface area (TPSA) is 105 Å². The van der Waals surface area contributed by atoms with Crippen LogP contribution in [0.25, 0.3) is 11.0 Å². The molecule has 1 unspecified atom stereocenters. The second-order valence-corrected chi connectivity index (χ2v) is 8.25. The van der Waals surface area contributed by atoms with Crippen LogP contribution in [0.15, 0.2) is 57.9 Å². The predicted molar refractivity (Wildman–Crippen MR) is 102 cm³/mol. The molecule has 1 amide bonds. The van der Waals surface area contributed by atoms with Crippen LogP contribution in [0.2, 0.25) is 0 Å². The zero-order valence-corrected chi connectivity index (χ0v) is 15.2. The third-order valence-corrected chi connectivity index (χ3v) is 5.08. The minimum Gasteiger partial charge on any atom is -0.464 e. The van der Waals surface area contributed by atoms with E-state index >= 15 is 0 Å². The summed E-state index contributed by atoms with van der Waals surface area (Å²) < 4.78 is 30.8. The highest BCUT2D eigenvalue weighted by Gasteiger charge is 2.29. The molecule has 0 aliphatic carbocycles. The van der Waals surface area contributed by atoms with Crippen molar-refractivity contribution >= 4 is 38.3 Å². The molecular weight excluding hydrogens is 368 g/mol. The van der Waals surface area contributed by atoms with Gasteiger partial charge in [0.15, 0.2) is 5.43 Å². The molecule has 2 N–H and O–H groups in total. The summed E-state index contributed by atoms with van der Waals surface area (Å²) in [5, 5.41) is 3.19. The van der Waals surface area contributed by atoms with Crippen LogP contribution in [-0.2, 0) is 14.8 Å². The van der Waals surface area contributed by atoms with Gasteiger partial charge in [-0.05, 0) is 29.8 Å². The molecule has 27 heavy (non-hydrogen) atoms. The molecule has 0 saturated heterocycles. The van der Waals surface area contributed by atoms with Crippen molar-refractivity contribution < 1.29 is 17.6 Å². The molecule has 1 aliphatic heterocycles. The first-order valence-corrected chi connectivity index (χ1v) is 10.1. The maximum Gasteiger partial charge on any atom is 0.229 e. The Hall–Kier alpha value is -3.13. The van der Waals surface area contributed by atoms with Crippen LogP contribution < -0.4 is 15.5 Å². The molecule has 0 fully saturated rings. The first-order chi connectivity index (χ1) is 12.8. The van der Waals surface area contributed by atoms with E-state index in [-0.39, 0.29) is 17.8 Å². The lowest BCUT2D eigenvalue weighted by Gasteiger charge is -2.26. The number of fused-ring (bicyclic) bond motifs is 2. The molecule has 1 aromatic heterocycles. The highest BCUT2D eigenvalue weighted by Crippen LogP contribution is 2.37. The maximum absolute atomic E-state index is 12.9. The number of hydrogen-bond donors (Lipinski definition) is 2. The van der Waals surface area contributed by atoms with Gasteiger partial charge in [0.2, 0.25) is 15.9 Å². The Morgan fingerprint density at radius 2 is 1.89 bits per heavy atom. The highest BCUT2D eigenvalue weighted by molar-refractivity contribution is 7.92. The molecular formula is C19H16N2O5S. The monoisotopic (exact) mass is 384 g/mol. The van der Waals surface area contributed by atoms with E-state index in [1.807, 2.05) is 0 Å². The van der Waals surface area contributed by atoms with Crippen molar-refractivity contribution in [2.24, 2.45) is 0 Å². The van der Waals surface area contributed by atoms with Crippen LogP contribution in [0.5, 0.6) is 0 Å². The number of anilines is 2. The lowest BCUT2D eigenvalue weighted by Crippen LogP contribution is -2.26. The first kappa shape index (κ1) is 17.3. The number of carbonyl (C=O) groups is 1. The van der Waals surface area contributed by atoms with Crippen molar-refractivity contribution in [3.8, 4) is 0 Å². The van der Waals surface area contributed by atoms with Gasteiger partial charge >= 0.3 is 0 Å². The fourth-order valence-electron chi connectivity index (χ4n) is 3.35. The van der Waals surface area contributed by atoms with E-state index in [0.29, 0.717) is 27.9 Å². The Kier molecular flexibility index (Phi) is 4.00. The SMILES string of the molecule is CS(=O)(=O)Nc1ccc2c(c1)NC(=O)CC2c1coc2ccccc2c1=O. The third kappa shape index (κ3) is 3.31. The van der Waals surface area contributed by atoms with Crippen molar-refractivity contribution in [1.29, 1.82) is 0 Å². The molecule has 0 spiro atoms. The van der Waals surface area contributed by atoms with E-state index in [2.05, 4.69) is 10.0 Å². The fraction of sp³-hybridized carbons (Fsp3) is 0.158. The van der Waals surface area contributed by atoms with Crippen LogP contribution in [0.1, 0.15) is 23.5 Å². The number of benzene rings is 2. The predicted octanol–water partition coefficient (Wildman–Crippen LogP) is 2.64. The Morgan fingerprint density at radius 3 is 2.67 bits per heavy atom. The summed E-state index contributed by atoms with van der Waals surface area (Å²) in [6.07, 6.45) is 2.56. The Labute approximate surface area is 155 Å². The molecule has 2 aromatic carbocycles. The lowest BCUT2D eigenvalue weighted by molar-refractivity contribution is -0.116. The van der Waals surface area contributed by atoms with Crippen LogP contribution in [-0.4, -0.2) is 20.6 Å². The lowest BCUT2D eigenvalue weighted by atomic mass is 9.85. The van der Waals surface area contributed by atoms with Gasteiger partial charge in [0.1, 0.15) is 5.58 Å². The molecule has 2 heterocycles. The van der Waals surface area contributed by atoms with Crippen molar-refractivity contribution in [2.45, 2.75) is 12.3 Å². The maximum atomic E-state index is 12.9.